The topological polar surface area (TPSA) is 56.7 Å². The molecule has 0 radical (unpaired) electrons. The van der Waals surface area contributed by atoms with Crippen molar-refractivity contribution >= 4 is 0 Å². The van der Waals surface area contributed by atoms with E-state index in [1.165, 1.54) is 57.2 Å². The Morgan fingerprint density at radius 3 is 2.44 bits per heavy atom. The van der Waals surface area contributed by atoms with Gasteiger partial charge in [-0.3, -0.25) is 0 Å². The van der Waals surface area contributed by atoms with Gasteiger partial charge in [-0.1, -0.05) is 25.7 Å². The predicted molar refractivity (Wildman–Crippen MR) is 71.5 cm³/mol. The predicted octanol–water partition coefficient (Wildman–Crippen LogP) is 2.47. The van der Waals surface area contributed by atoms with Crippen LogP contribution >= 0.6 is 0 Å². The van der Waals surface area contributed by atoms with Gasteiger partial charge in [-0.2, -0.15) is 0 Å². The zero-order chi connectivity index (χ0) is 12.6. The summed E-state index contributed by atoms with van der Waals surface area (Å²) in [7, 11) is 0. The smallest absolute Gasteiger partial charge is 0.140 e. The van der Waals surface area contributed by atoms with Gasteiger partial charge in [-0.15, -0.1) is 10.2 Å². The third kappa shape index (κ3) is 1.78. The third-order valence-corrected chi connectivity index (χ3v) is 4.98. The average molecular weight is 248 g/mol. The zero-order valence-electron chi connectivity index (χ0n) is 11.4. The normalized spacial score (nSPS) is 23.9. The van der Waals surface area contributed by atoms with E-state index in [1.54, 1.807) is 0 Å². The minimum Gasteiger partial charge on any atom is -0.329 e. The number of rotatable bonds is 3. The van der Waals surface area contributed by atoms with Gasteiger partial charge in [0.05, 0.1) is 0 Å². The monoisotopic (exact) mass is 248 g/mol. The second-order valence-corrected chi connectivity index (χ2v) is 6.07. The summed E-state index contributed by atoms with van der Waals surface area (Å²) in [4.78, 5) is 0. The van der Waals surface area contributed by atoms with Crippen molar-refractivity contribution in [3.8, 4) is 0 Å². The maximum Gasteiger partial charge on any atom is 0.140 e. The van der Waals surface area contributed by atoms with Crippen LogP contribution in [-0.4, -0.2) is 21.3 Å². The van der Waals surface area contributed by atoms with Gasteiger partial charge < -0.3 is 10.3 Å². The van der Waals surface area contributed by atoms with Crippen LogP contribution in [-0.2, 0) is 5.41 Å². The van der Waals surface area contributed by atoms with Crippen molar-refractivity contribution in [1.29, 1.82) is 0 Å². The largest absolute Gasteiger partial charge is 0.329 e. The lowest BCUT2D eigenvalue weighted by atomic mass is 9.85. The number of hydrogen-bond acceptors (Lipinski definition) is 3. The molecule has 0 spiro atoms. The third-order valence-electron chi connectivity index (χ3n) is 4.98. The Bertz CT molecular complexity index is 411. The van der Waals surface area contributed by atoms with E-state index in [2.05, 4.69) is 21.7 Å². The van der Waals surface area contributed by atoms with E-state index >= 15 is 0 Å². The number of nitrogens with two attached hydrogens (primary N) is 1. The molecular weight excluding hydrogens is 224 g/mol. The molecule has 18 heavy (non-hydrogen) atoms. The molecule has 2 aliphatic carbocycles. The van der Waals surface area contributed by atoms with Crippen molar-refractivity contribution in [3.63, 3.8) is 0 Å². The van der Waals surface area contributed by atoms with Gasteiger partial charge in [0.2, 0.25) is 0 Å². The van der Waals surface area contributed by atoms with Crippen molar-refractivity contribution in [3.05, 3.63) is 11.6 Å². The Balaban J connectivity index is 2.00. The Morgan fingerprint density at radius 1 is 1.17 bits per heavy atom. The number of hydrogen-bond donors (Lipinski definition) is 1. The standard InChI is InChI=1S/C14H24N4/c1-11-16-17-13(14(10-15)8-4-5-9-14)18(11)12-6-2-3-7-12/h12H,2-10,15H2,1H3. The Morgan fingerprint density at radius 2 is 1.83 bits per heavy atom. The van der Waals surface area contributed by atoms with Crippen LogP contribution in [0.2, 0.25) is 0 Å². The fourth-order valence-electron chi connectivity index (χ4n) is 3.90. The average Bonchev–Trinajstić information content (AvgIpc) is 3.08. The van der Waals surface area contributed by atoms with Gasteiger partial charge >= 0.3 is 0 Å². The highest BCUT2D eigenvalue weighted by Gasteiger charge is 2.40. The molecule has 0 bridgehead atoms. The molecular formula is C14H24N4. The van der Waals surface area contributed by atoms with Gasteiger partial charge in [0.1, 0.15) is 11.6 Å². The van der Waals surface area contributed by atoms with Gasteiger partial charge in [0.25, 0.3) is 0 Å². The van der Waals surface area contributed by atoms with Gasteiger partial charge in [0.15, 0.2) is 0 Å². The molecule has 0 aromatic carbocycles. The molecule has 0 amide bonds. The molecule has 0 aliphatic heterocycles. The number of aryl methyl sites for hydroxylation is 1. The maximum atomic E-state index is 6.10. The van der Waals surface area contributed by atoms with Crippen LogP contribution in [0.5, 0.6) is 0 Å². The summed E-state index contributed by atoms with van der Waals surface area (Å²) in [6, 6.07) is 0.624. The summed E-state index contributed by atoms with van der Waals surface area (Å²) in [6.07, 6.45) is 10.2. The Kier molecular flexibility index (Phi) is 3.14. The Hall–Kier alpha value is -0.900. The van der Waals surface area contributed by atoms with Gasteiger partial charge in [0, 0.05) is 18.0 Å². The van der Waals surface area contributed by atoms with E-state index in [0.29, 0.717) is 6.04 Å². The first-order chi connectivity index (χ1) is 8.77. The molecule has 2 fully saturated rings. The van der Waals surface area contributed by atoms with Crippen molar-refractivity contribution in [2.45, 2.75) is 69.7 Å². The minimum absolute atomic E-state index is 0.115. The summed E-state index contributed by atoms with van der Waals surface area (Å²) < 4.78 is 2.42. The van der Waals surface area contributed by atoms with Gasteiger partial charge in [-0.05, 0) is 32.6 Å². The molecule has 0 atom stereocenters. The van der Waals surface area contributed by atoms with E-state index < -0.39 is 0 Å². The highest BCUT2D eigenvalue weighted by molar-refractivity contribution is 5.15. The van der Waals surface area contributed by atoms with E-state index in [9.17, 15) is 0 Å². The molecule has 1 heterocycles. The summed E-state index contributed by atoms with van der Waals surface area (Å²) in [6.45, 7) is 2.81. The van der Waals surface area contributed by atoms with Crippen LogP contribution in [0.3, 0.4) is 0 Å². The second-order valence-electron chi connectivity index (χ2n) is 6.07. The lowest BCUT2D eigenvalue weighted by Gasteiger charge is -2.29. The molecule has 4 nitrogen and oxygen atoms in total. The summed E-state index contributed by atoms with van der Waals surface area (Å²) in [5.74, 6) is 2.27. The molecule has 0 saturated heterocycles. The molecule has 0 unspecified atom stereocenters. The minimum atomic E-state index is 0.115. The SMILES string of the molecule is Cc1nnc(C2(CN)CCCC2)n1C1CCCC1. The molecule has 100 valence electrons. The van der Waals surface area contributed by atoms with E-state index in [1.807, 2.05) is 0 Å². The number of aromatic nitrogens is 3. The van der Waals surface area contributed by atoms with Crippen molar-refractivity contribution in [2.75, 3.05) is 6.54 Å². The first-order valence-corrected chi connectivity index (χ1v) is 7.39. The first kappa shape index (κ1) is 12.2. The molecule has 1 aromatic rings. The van der Waals surface area contributed by atoms with E-state index in [-0.39, 0.29) is 5.41 Å². The lowest BCUT2D eigenvalue weighted by molar-refractivity contribution is 0.373. The molecule has 2 aliphatic rings. The van der Waals surface area contributed by atoms with Crippen molar-refractivity contribution in [2.24, 2.45) is 5.73 Å². The maximum absolute atomic E-state index is 6.10. The molecule has 4 heteroatoms. The van der Waals surface area contributed by atoms with E-state index in [0.717, 1.165) is 12.4 Å². The molecule has 1 aromatic heterocycles. The summed E-state index contributed by atoms with van der Waals surface area (Å²) >= 11 is 0. The summed E-state index contributed by atoms with van der Waals surface area (Å²) in [5, 5.41) is 8.87. The van der Waals surface area contributed by atoms with Crippen molar-refractivity contribution < 1.29 is 0 Å². The highest BCUT2D eigenvalue weighted by atomic mass is 15.3. The lowest BCUT2D eigenvalue weighted by Crippen LogP contribution is -2.36. The fourth-order valence-corrected chi connectivity index (χ4v) is 3.90. The van der Waals surface area contributed by atoms with Crippen LogP contribution in [0.4, 0.5) is 0 Å². The van der Waals surface area contributed by atoms with Gasteiger partial charge in [-0.25, -0.2) is 0 Å². The fraction of sp³-hybridized carbons (Fsp3) is 0.857. The second kappa shape index (κ2) is 4.65. The number of nitrogens with zero attached hydrogens (tertiary/aromatic N) is 3. The van der Waals surface area contributed by atoms with Crippen LogP contribution in [0.1, 0.15) is 69.1 Å². The molecule has 2 N–H and O–H groups in total. The summed E-state index contributed by atoms with van der Waals surface area (Å²) in [5.41, 5.74) is 6.21. The van der Waals surface area contributed by atoms with Crippen molar-refractivity contribution in [1.82, 2.24) is 14.8 Å². The van der Waals surface area contributed by atoms with E-state index in [4.69, 9.17) is 5.73 Å². The Labute approximate surface area is 109 Å². The van der Waals surface area contributed by atoms with Crippen LogP contribution in [0.15, 0.2) is 0 Å². The van der Waals surface area contributed by atoms with Crippen LogP contribution in [0, 0.1) is 6.92 Å². The van der Waals surface area contributed by atoms with Crippen LogP contribution in [0.25, 0.3) is 0 Å². The quantitative estimate of drug-likeness (QED) is 0.894. The molecule has 3 rings (SSSR count). The highest BCUT2D eigenvalue weighted by Crippen LogP contribution is 2.42. The molecule has 2 saturated carbocycles. The first-order valence-electron chi connectivity index (χ1n) is 7.39. The van der Waals surface area contributed by atoms with Crippen LogP contribution < -0.4 is 5.73 Å². The zero-order valence-corrected chi connectivity index (χ0v) is 11.4.